The van der Waals surface area contributed by atoms with Gasteiger partial charge in [-0.1, -0.05) is 0 Å². The molecule has 1 atom stereocenters. The Morgan fingerprint density at radius 2 is 2.43 bits per heavy atom. The van der Waals surface area contributed by atoms with E-state index in [1.54, 1.807) is 12.3 Å². The van der Waals surface area contributed by atoms with Crippen molar-refractivity contribution >= 4 is 5.69 Å². The first kappa shape index (κ1) is 10.9. The fourth-order valence-corrected chi connectivity index (χ4v) is 1.21. The molecule has 0 fully saturated rings. The number of nitrogens with two attached hydrogens (primary N) is 1. The number of nitrogen functional groups attached to an aromatic ring is 1. The largest absolute Gasteiger partial charge is 0.399 e. The Kier molecular flexibility index (Phi) is 4.35. The van der Waals surface area contributed by atoms with Crippen LogP contribution in [0.2, 0.25) is 0 Å². The molecule has 14 heavy (non-hydrogen) atoms. The minimum atomic E-state index is 0.110. The Labute approximate surface area is 84.5 Å². The zero-order chi connectivity index (χ0) is 10.4. The summed E-state index contributed by atoms with van der Waals surface area (Å²) >= 11 is 0. The van der Waals surface area contributed by atoms with E-state index in [0.29, 0.717) is 13.2 Å². The number of pyridine rings is 1. The van der Waals surface area contributed by atoms with Gasteiger partial charge < -0.3 is 15.8 Å². The standard InChI is InChI=1S/C10H17N3O/c1-3-14-7-10(12-2)9-6-8(11)4-5-13-9/h4-6,10,12H,3,7H2,1-2H3,(H2,11,13)/t10-/m1/s1. The summed E-state index contributed by atoms with van der Waals surface area (Å²) in [5, 5.41) is 3.14. The monoisotopic (exact) mass is 195 g/mol. The van der Waals surface area contributed by atoms with Crippen molar-refractivity contribution in [3.05, 3.63) is 24.0 Å². The fraction of sp³-hybridized carbons (Fsp3) is 0.500. The van der Waals surface area contributed by atoms with Crippen LogP contribution in [0.25, 0.3) is 0 Å². The topological polar surface area (TPSA) is 60.2 Å². The second kappa shape index (κ2) is 5.57. The predicted molar refractivity (Wildman–Crippen MR) is 56.9 cm³/mol. The minimum absolute atomic E-state index is 0.110. The number of nitrogens with one attached hydrogen (secondary N) is 1. The van der Waals surface area contributed by atoms with Crippen LogP contribution in [0.4, 0.5) is 5.69 Å². The Hall–Kier alpha value is -1.13. The van der Waals surface area contributed by atoms with Crippen molar-refractivity contribution in [2.45, 2.75) is 13.0 Å². The van der Waals surface area contributed by atoms with E-state index in [4.69, 9.17) is 10.5 Å². The Morgan fingerprint density at radius 1 is 1.64 bits per heavy atom. The molecule has 0 aliphatic heterocycles. The van der Waals surface area contributed by atoms with Crippen molar-refractivity contribution in [3.8, 4) is 0 Å². The van der Waals surface area contributed by atoms with Gasteiger partial charge in [0.05, 0.1) is 18.3 Å². The highest BCUT2D eigenvalue weighted by molar-refractivity contribution is 5.38. The van der Waals surface area contributed by atoms with Gasteiger partial charge in [-0.05, 0) is 26.1 Å². The van der Waals surface area contributed by atoms with Crippen LogP contribution < -0.4 is 11.1 Å². The smallest absolute Gasteiger partial charge is 0.0731 e. The van der Waals surface area contributed by atoms with E-state index in [-0.39, 0.29) is 6.04 Å². The van der Waals surface area contributed by atoms with Crippen LogP contribution in [-0.2, 0) is 4.74 Å². The van der Waals surface area contributed by atoms with E-state index in [1.165, 1.54) is 0 Å². The normalized spacial score (nSPS) is 12.7. The third kappa shape index (κ3) is 2.97. The van der Waals surface area contributed by atoms with E-state index in [0.717, 1.165) is 11.4 Å². The number of rotatable bonds is 5. The third-order valence-electron chi connectivity index (χ3n) is 2.00. The molecule has 0 bridgehead atoms. The molecule has 0 aliphatic rings. The van der Waals surface area contributed by atoms with Gasteiger partial charge in [-0.15, -0.1) is 0 Å². The van der Waals surface area contributed by atoms with E-state index >= 15 is 0 Å². The molecule has 1 aromatic heterocycles. The molecular formula is C10H17N3O. The average Bonchev–Trinajstić information content (AvgIpc) is 2.19. The predicted octanol–water partition coefficient (Wildman–Crippen LogP) is 0.961. The van der Waals surface area contributed by atoms with Crippen molar-refractivity contribution in [1.82, 2.24) is 10.3 Å². The maximum atomic E-state index is 5.67. The van der Waals surface area contributed by atoms with Gasteiger partial charge in [-0.3, -0.25) is 4.98 Å². The first-order valence-corrected chi connectivity index (χ1v) is 4.74. The highest BCUT2D eigenvalue weighted by Gasteiger charge is 2.10. The van der Waals surface area contributed by atoms with Crippen LogP contribution in [0.15, 0.2) is 18.3 Å². The summed E-state index contributed by atoms with van der Waals surface area (Å²) in [5.74, 6) is 0. The van der Waals surface area contributed by atoms with Crippen molar-refractivity contribution < 1.29 is 4.74 Å². The van der Waals surface area contributed by atoms with E-state index in [1.807, 2.05) is 20.0 Å². The Morgan fingerprint density at radius 3 is 3.00 bits per heavy atom. The van der Waals surface area contributed by atoms with Crippen molar-refractivity contribution in [2.75, 3.05) is 26.0 Å². The van der Waals surface area contributed by atoms with Crippen LogP contribution in [0.1, 0.15) is 18.7 Å². The maximum Gasteiger partial charge on any atom is 0.0731 e. The third-order valence-corrected chi connectivity index (χ3v) is 2.00. The molecule has 0 aromatic carbocycles. The number of anilines is 1. The lowest BCUT2D eigenvalue weighted by atomic mass is 10.2. The van der Waals surface area contributed by atoms with Gasteiger partial charge in [0.1, 0.15) is 0 Å². The van der Waals surface area contributed by atoms with Crippen LogP contribution >= 0.6 is 0 Å². The van der Waals surface area contributed by atoms with Crippen molar-refractivity contribution in [2.24, 2.45) is 0 Å². The summed E-state index contributed by atoms with van der Waals surface area (Å²) in [5.41, 5.74) is 7.32. The maximum absolute atomic E-state index is 5.67. The Bertz CT molecular complexity index is 278. The molecule has 0 aliphatic carbocycles. The molecular weight excluding hydrogens is 178 g/mol. The molecule has 0 radical (unpaired) electrons. The van der Waals surface area contributed by atoms with Gasteiger partial charge in [0.2, 0.25) is 0 Å². The SMILES string of the molecule is CCOC[C@@H](NC)c1cc(N)ccn1. The molecule has 1 aromatic rings. The number of likely N-dealkylation sites (N-methyl/N-ethyl adjacent to an activating group) is 1. The zero-order valence-electron chi connectivity index (χ0n) is 8.66. The highest BCUT2D eigenvalue weighted by atomic mass is 16.5. The second-order valence-corrected chi connectivity index (χ2v) is 3.01. The summed E-state index contributed by atoms with van der Waals surface area (Å²) < 4.78 is 5.34. The number of aromatic nitrogens is 1. The quantitative estimate of drug-likeness (QED) is 0.734. The first-order chi connectivity index (χ1) is 6.77. The molecule has 0 spiro atoms. The number of hydrogen-bond donors (Lipinski definition) is 2. The van der Waals surface area contributed by atoms with Gasteiger partial charge in [0.15, 0.2) is 0 Å². The lowest BCUT2D eigenvalue weighted by Gasteiger charge is -2.15. The molecule has 0 saturated heterocycles. The summed E-state index contributed by atoms with van der Waals surface area (Å²) in [4.78, 5) is 4.24. The van der Waals surface area contributed by atoms with Gasteiger partial charge >= 0.3 is 0 Å². The molecule has 3 N–H and O–H groups in total. The van der Waals surface area contributed by atoms with Crippen molar-refractivity contribution in [3.63, 3.8) is 0 Å². The first-order valence-electron chi connectivity index (χ1n) is 4.74. The lowest BCUT2D eigenvalue weighted by molar-refractivity contribution is 0.124. The van der Waals surface area contributed by atoms with Crippen LogP contribution in [-0.4, -0.2) is 25.2 Å². The minimum Gasteiger partial charge on any atom is -0.399 e. The number of nitrogens with zero attached hydrogens (tertiary/aromatic N) is 1. The van der Waals surface area contributed by atoms with Gasteiger partial charge in [0, 0.05) is 18.5 Å². The van der Waals surface area contributed by atoms with Gasteiger partial charge in [-0.25, -0.2) is 0 Å². The van der Waals surface area contributed by atoms with Gasteiger partial charge in [0.25, 0.3) is 0 Å². The number of hydrogen-bond acceptors (Lipinski definition) is 4. The average molecular weight is 195 g/mol. The molecule has 0 amide bonds. The molecule has 4 heteroatoms. The summed E-state index contributed by atoms with van der Waals surface area (Å²) in [7, 11) is 1.88. The van der Waals surface area contributed by atoms with E-state index in [2.05, 4.69) is 10.3 Å². The van der Waals surface area contributed by atoms with Gasteiger partial charge in [-0.2, -0.15) is 0 Å². The fourth-order valence-electron chi connectivity index (χ4n) is 1.21. The summed E-state index contributed by atoms with van der Waals surface area (Å²) in [6.45, 7) is 3.30. The molecule has 1 heterocycles. The Balaban J connectivity index is 2.68. The van der Waals surface area contributed by atoms with E-state index in [9.17, 15) is 0 Å². The molecule has 78 valence electrons. The van der Waals surface area contributed by atoms with Crippen LogP contribution in [0, 0.1) is 0 Å². The van der Waals surface area contributed by atoms with Crippen LogP contribution in [0.5, 0.6) is 0 Å². The molecule has 0 unspecified atom stereocenters. The van der Waals surface area contributed by atoms with E-state index < -0.39 is 0 Å². The molecule has 1 rings (SSSR count). The summed E-state index contributed by atoms with van der Waals surface area (Å²) in [6, 6.07) is 3.75. The molecule has 4 nitrogen and oxygen atoms in total. The summed E-state index contributed by atoms with van der Waals surface area (Å²) in [6.07, 6.45) is 1.71. The highest BCUT2D eigenvalue weighted by Crippen LogP contribution is 2.12. The lowest BCUT2D eigenvalue weighted by Crippen LogP contribution is -2.22. The van der Waals surface area contributed by atoms with Crippen LogP contribution in [0.3, 0.4) is 0 Å². The molecule has 0 saturated carbocycles. The van der Waals surface area contributed by atoms with Crippen molar-refractivity contribution in [1.29, 1.82) is 0 Å². The second-order valence-electron chi connectivity index (χ2n) is 3.01. The zero-order valence-corrected chi connectivity index (χ0v) is 8.66. The number of ether oxygens (including phenoxy) is 1.